The second kappa shape index (κ2) is 8.07. The van der Waals surface area contributed by atoms with Crippen molar-refractivity contribution >= 4 is 26.9 Å². The number of sulfone groups is 1. The van der Waals surface area contributed by atoms with Crippen LogP contribution in [0.2, 0.25) is 0 Å². The molecule has 2 atom stereocenters. The molecule has 0 aromatic carbocycles. The van der Waals surface area contributed by atoms with Crippen LogP contribution in [-0.2, 0) is 9.84 Å². The van der Waals surface area contributed by atoms with Gasteiger partial charge in [0.1, 0.15) is 10.7 Å². The predicted octanol–water partition coefficient (Wildman–Crippen LogP) is 3.36. The number of hydrogen-bond donors (Lipinski definition) is 2. The fourth-order valence-electron chi connectivity index (χ4n) is 5.19. The molecular formula is C24H28N6O2S. The van der Waals surface area contributed by atoms with Crippen LogP contribution in [0.3, 0.4) is 0 Å². The zero-order valence-corrected chi connectivity index (χ0v) is 19.6. The number of allylic oxidation sites excluding steroid dienone is 3. The molecule has 2 aliphatic heterocycles. The van der Waals surface area contributed by atoms with Crippen molar-refractivity contribution < 1.29 is 8.42 Å². The second-order valence-electron chi connectivity index (χ2n) is 9.04. The molecule has 9 heteroatoms. The number of anilines is 1. The van der Waals surface area contributed by atoms with Gasteiger partial charge in [-0.2, -0.15) is 9.61 Å². The highest BCUT2D eigenvalue weighted by Gasteiger charge is 2.38. The smallest absolute Gasteiger partial charge is 0.180 e. The number of pyridine rings is 1. The first-order valence-electron chi connectivity index (χ1n) is 11.2. The zero-order chi connectivity index (χ0) is 23.3. The zero-order valence-electron chi connectivity index (χ0n) is 18.8. The molecule has 8 nitrogen and oxygen atoms in total. The molecule has 3 aromatic heterocycles. The third-order valence-electron chi connectivity index (χ3n) is 6.67. The molecule has 0 spiro atoms. The van der Waals surface area contributed by atoms with Crippen LogP contribution in [0, 0.1) is 0 Å². The van der Waals surface area contributed by atoms with Gasteiger partial charge in [-0.3, -0.25) is 4.98 Å². The van der Waals surface area contributed by atoms with Crippen molar-refractivity contribution in [1.29, 1.82) is 0 Å². The van der Waals surface area contributed by atoms with Crippen LogP contribution in [0.25, 0.3) is 22.3 Å². The lowest BCUT2D eigenvalue weighted by molar-refractivity contribution is 0.355. The van der Waals surface area contributed by atoms with Crippen molar-refractivity contribution in [2.75, 3.05) is 12.0 Å². The first-order valence-corrected chi connectivity index (χ1v) is 13.1. The predicted molar refractivity (Wildman–Crippen MR) is 130 cm³/mol. The average Bonchev–Trinajstić information content (AvgIpc) is 3.35. The molecule has 33 heavy (non-hydrogen) atoms. The Labute approximate surface area is 193 Å². The van der Waals surface area contributed by atoms with E-state index in [9.17, 15) is 8.42 Å². The van der Waals surface area contributed by atoms with Gasteiger partial charge in [0.05, 0.1) is 17.6 Å². The monoisotopic (exact) mass is 464 g/mol. The number of nitrogens with two attached hydrogens (primary N) is 1. The van der Waals surface area contributed by atoms with Crippen LogP contribution in [0.5, 0.6) is 0 Å². The van der Waals surface area contributed by atoms with Gasteiger partial charge in [0.15, 0.2) is 15.5 Å². The molecule has 2 aliphatic rings. The first-order chi connectivity index (χ1) is 15.8. The minimum absolute atomic E-state index is 0.0354. The minimum atomic E-state index is -3.59. The van der Waals surface area contributed by atoms with Crippen LogP contribution in [0.15, 0.2) is 48.2 Å². The van der Waals surface area contributed by atoms with E-state index in [0.29, 0.717) is 23.4 Å². The van der Waals surface area contributed by atoms with Crippen molar-refractivity contribution in [2.45, 2.75) is 55.5 Å². The molecule has 2 saturated heterocycles. The molecule has 0 radical (unpaired) electrons. The molecule has 172 valence electrons. The Hall–Kier alpha value is -3.04. The Bertz CT molecular complexity index is 1360. The Morgan fingerprint density at radius 1 is 1.24 bits per heavy atom. The number of nitrogens with one attached hydrogen (secondary N) is 1. The summed E-state index contributed by atoms with van der Waals surface area (Å²) in [7, 11) is -3.59. The number of piperidine rings is 1. The number of nitrogen functional groups attached to an aromatic ring is 1. The summed E-state index contributed by atoms with van der Waals surface area (Å²) in [6.45, 7) is 5.96. The van der Waals surface area contributed by atoms with Gasteiger partial charge in [0, 0.05) is 41.6 Å². The summed E-state index contributed by atoms with van der Waals surface area (Å²) in [4.78, 5) is 9.54. The van der Waals surface area contributed by atoms with Gasteiger partial charge in [-0.1, -0.05) is 24.8 Å². The third-order valence-corrected chi connectivity index (χ3v) is 7.83. The van der Waals surface area contributed by atoms with E-state index in [1.807, 2.05) is 31.2 Å². The Morgan fingerprint density at radius 3 is 2.58 bits per heavy atom. The highest BCUT2D eigenvalue weighted by atomic mass is 32.2. The molecular weight excluding hydrogens is 436 g/mol. The largest absolute Gasteiger partial charge is 0.382 e. The molecule has 2 fully saturated rings. The minimum Gasteiger partial charge on any atom is -0.382 e. The fourth-order valence-corrected chi connectivity index (χ4v) is 6.25. The van der Waals surface area contributed by atoms with Crippen LogP contribution >= 0.6 is 0 Å². The summed E-state index contributed by atoms with van der Waals surface area (Å²) < 4.78 is 27.0. The van der Waals surface area contributed by atoms with E-state index in [4.69, 9.17) is 10.7 Å². The average molecular weight is 465 g/mol. The molecule has 3 N–H and O–H groups in total. The summed E-state index contributed by atoms with van der Waals surface area (Å²) in [5.74, 6) is 0.147. The van der Waals surface area contributed by atoms with Gasteiger partial charge in [0.25, 0.3) is 0 Å². The third kappa shape index (κ3) is 3.85. The maximum Gasteiger partial charge on any atom is 0.180 e. The molecule has 5 heterocycles. The van der Waals surface area contributed by atoms with Crippen molar-refractivity contribution in [3.63, 3.8) is 0 Å². The summed E-state index contributed by atoms with van der Waals surface area (Å²) in [5.41, 5.74) is 10.7. The molecule has 0 saturated carbocycles. The first kappa shape index (κ1) is 21.8. The molecule has 0 aliphatic carbocycles. The maximum absolute atomic E-state index is 12.8. The van der Waals surface area contributed by atoms with Crippen molar-refractivity contribution in [3.05, 3.63) is 54.6 Å². The highest BCUT2D eigenvalue weighted by Crippen LogP contribution is 2.41. The molecule has 0 amide bonds. The maximum atomic E-state index is 12.8. The van der Waals surface area contributed by atoms with E-state index in [1.54, 1.807) is 12.4 Å². The topological polar surface area (TPSA) is 115 Å². The summed E-state index contributed by atoms with van der Waals surface area (Å²) >= 11 is 0. The lowest BCUT2D eigenvalue weighted by Gasteiger charge is -2.30. The van der Waals surface area contributed by atoms with Crippen molar-refractivity contribution in [1.82, 2.24) is 24.9 Å². The Kier molecular flexibility index (Phi) is 5.33. The van der Waals surface area contributed by atoms with Gasteiger partial charge in [-0.05, 0) is 44.2 Å². The Balaban J connectivity index is 1.64. The van der Waals surface area contributed by atoms with Crippen LogP contribution in [0.1, 0.15) is 49.9 Å². The number of aromatic nitrogens is 4. The lowest BCUT2D eigenvalue weighted by Crippen LogP contribution is -2.38. The molecule has 5 rings (SSSR count). The number of rotatable bonds is 5. The second-order valence-corrected chi connectivity index (χ2v) is 11.0. The number of nitrogens with zero attached hydrogens (tertiary/aromatic N) is 4. The SMILES string of the molecule is C=C(C=CC)c1ccc(-c2cnn3c(N)c(S(C)(=O)=O)c(C4CC5CCC(C4)N5)nc23)cn1. The standard InChI is InChI=1S/C24H28N6O2S/c1-4-5-14(2)20-9-6-15(12-26-20)19-13-27-30-23(25)22(33(3,31)32)21(29-24(19)30)16-10-17-7-8-18(11-16)28-17/h4-6,9,12-13,16-18,28H,2,7-8,10-11,25H2,1,3H3. The van der Waals surface area contributed by atoms with E-state index in [0.717, 1.165) is 48.1 Å². The number of fused-ring (bicyclic) bond motifs is 3. The van der Waals surface area contributed by atoms with Crippen molar-refractivity contribution in [2.24, 2.45) is 0 Å². The van der Waals surface area contributed by atoms with Crippen LogP contribution in [-0.4, -0.2) is 46.3 Å². The van der Waals surface area contributed by atoms with E-state index in [-0.39, 0.29) is 16.6 Å². The van der Waals surface area contributed by atoms with Crippen LogP contribution in [0.4, 0.5) is 5.82 Å². The highest BCUT2D eigenvalue weighted by molar-refractivity contribution is 7.91. The lowest BCUT2D eigenvalue weighted by atomic mass is 9.89. The molecule has 3 aromatic rings. The Morgan fingerprint density at radius 2 is 1.97 bits per heavy atom. The van der Waals surface area contributed by atoms with Crippen molar-refractivity contribution in [3.8, 4) is 11.1 Å². The van der Waals surface area contributed by atoms with E-state index >= 15 is 0 Å². The van der Waals surface area contributed by atoms with E-state index in [2.05, 4.69) is 22.0 Å². The van der Waals surface area contributed by atoms with Gasteiger partial charge < -0.3 is 11.1 Å². The van der Waals surface area contributed by atoms with Gasteiger partial charge in [-0.25, -0.2) is 13.4 Å². The van der Waals surface area contributed by atoms with Crippen LogP contribution < -0.4 is 11.1 Å². The van der Waals surface area contributed by atoms with E-state index < -0.39 is 9.84 Å². The molecule has 2 unspecified atom stereocenters. The van der Waals surface area contributed by atoms with Gasteiger partial charge >= 0.3 is 0 Å². The molecule has 2 bridgehead atoms. The van der Waals surface area contributed by atoms with Gasteiger partial charge in [-0.15, -0.1) is 0 Å². The van der Waals surface area contributed by atoms with Gasteiger partial charge in [0.2, 0.25) is 0 Å². The summed E-state index contributed by atoms with van der Waals surface area (Å²) in [6.07, 6.45) is 12.4. The van der Waals surface area contributed by atoms with E-state index in [1.165, 1.54) is 10.8 Å². The quantitative estimate of drug-likeness (QED) is 0.556. The normalized spacial score (nSPS) is 22.9. The number of hydrogen-bond acceptors (Lipinski definition) is 7. The fraction of sp³-hybridized carbons (Fsp3) is 0.375. The summed E-state index contributed by atoms with van der Waals surface area (Å²) in [5, 5.41) is 7.99. The summed E-state index contributed by atoms with van der Waals surface area (Å²) in [6, 6.07) is 4.64.